The zero-order chi connectivity index (χ0) is 25.7. The van der Waals surface area contributed by atoms with Crippen molar-refractivity contribution in [2.24, 2.45) is 5.92 Å². The third kappa shape index (κ3) is 6.69. The Morgan fingerprint density at radius 1 is 0.889 bits per heavy atom. The molecular formula is C27H32N4O5. The molecule has 0 bridgehead atoms. The molecule has 3 amide bonds. The monoisotopic (exact) mass is 492 g/mol. The summed E-state index contributed by atoms with van der Waals surface area (Å²) in [6, 6.07) is 12.3. The fraction of sp³-hybridized carbons (Fsp3) is 0.407. The maximum absolute atomic E-state index is 12.5. The maximum atomic E-state index is 12.5. The van der Waals surface area contributed by atoms with Crippen molar-refractivity contribution in [1.29, 1.82) is 0 Å². The third-order valence-corrected chi connectivity index (χ3v) is 6.50. The van der Waals surface area contributed by atoms with Crippen molar-refractivity contribution in [2.45, 2.75) is 26.7 Å². The van der Waals surface area contributed by atoms with Gasteiger partial charge in [-0.05, 0) is 62.1 Å². The molecule has 0 radical (unpaired) electrons. The molecule has 36 heavy (non-hydrogen) atoms. The highest BCUT2D eigenvalue weighted by atomic mass is 16.5. The van der Waals surface area contributed by atoms with E-state index in [-0.39, 0.29) is 36.8 Å². The zero-order valence-corrected chi connectivity index (χ0v) is 20.7. The fourth-order valence-electron chi connectivity index (χ4n) is 4.13. The van der Waals surface area contributed by atoms with Crippen LogP contribution in [0.4, 0.5) is 11.4 Å². The van der Waals surface area contributed by atoms with Gasteiger partial charge in [-0.25, -0.2) is 4.79 Å². The quantitative estimate of drug-likeness (QED) is 0.549. The topological polar surface area (TPSA) is 108 Å². The number of hydrogen-bond acceptors (Lipinski definition) is 6. The number of ether oxygens (including phenoxy) is 1. The highest BCUT2D eigenvalue weighted by Gasteiger charge is 2.29. The lowest BCUT2D eigenvalue weighted by Crippen LogP contribution is -2.51. The number of aryl methyl sites for hydroxylation is 2. The Hall–Kier alpha value is -3.72. The van der Waals surface area contributed by atoms with E-state index in [1.54, 1.807) is 29.2 Å². The van der Waals surface area contributed by atoms with Crippen LogP contribution in [0.25, 0.3) is 0 Å². The SMILES string of the molecule is Cc1cccc(C)c1NC(=O)CN1CCN(C(=O)COC(=O)c2ccc(NC(=O)C3CC3)cc2)CC1. The van der Waals surface area contributed by atoms with Crippen LogP contribution >= 0.6 is 0 Å². The molecule has 0 spiro atoms. The molecule has 0 unspecified atom stereocenters. The number of hydrogen-bond donors (Lipinski definition) is 2. The van der Waals surface area contributed by atoms with E-state index >= 15 is 0 Å². The first kappa shape index (κ1) is 25.4. The van der Waals surface area contributed by atoms with E-state index in [2.05, 4.69) is 10.6 Å². The van der Waals surface area contributed by atoms with Crippen molar-refractivity contribution in [3.8, 4) is 0 Å². The molecule has 1 heterocycles. The van der Waals surface area contributed by atoms with Crippen molar-refractivity contribution in [2.75, 3.05) is 50.0 Å². The molecule has 1 saturated carbocycles. The minimum absolute atomic E-state index is 0.00182. The summed E-state index contributed by atoms with van der Waals surface area (Å²) in [6.07, 6.45) is 1.84. The summed E-state index contributed by atoms with van der Waals surface area (Å²) >= 11 is 0. The van der Waals surface area contributed by atoms with Crippen LogP contribution in [0.2, 0.25) is 0 Å². The summed E-state index contributed by atoms with van der Waals surface area (Å²) in [5, 5.41) is 5.80. The molecule has 9 heteroatoms. The number of nitrogens with one attached hydrogen (secondary N) is 2. The first-order chi connectivity index (χ1) is 17.3. The number of carbonyl (C=O) groups excluding carboxylic acids is 4. The Morgan fingerprint density at radius 3 is 2.14 bits per heavy atom. The molecule has 9 nitrogen and oxygen atoms in total. The first-order valence-electron chi connectivity index (χ1n) is 12.2. The Kier molecular flexibility index (Phi) is 8.00. The summed E-state index contributed by atoms with van der Waals surface area (Å²) in [4.78, 5) is 52.8. The predicted molar refractivity (Wildman–Crippen MR) is 136 cm³/mol. The van der Waals surface area contributed by atoms with Crippen LogP contribution in [0, 0.1) is 19.8 Å². The summed E-state index contributed by atoms with van der Waals surface area (Å²) in [7, 11) is 0. The molecule has 4 rings (SSSR count). The summed E-state index contributed by atoms with van der Waals surface area (Å²) in [5.74, 6) is -0.846. The van der Waals surface area contributed by atoms with E-state index < -0.39 is 5.97 Å². The van der Waals surface area contributed by atoms with Gasteiger partial charge in [0, 0.05) is 43.5 Å². The summed E-state index contributed by atoms with van der Waals surface area (Å²) < 4.78 is 5.20. The van der Waals surface area contributed by atoms with E-state index in [1.165, 1.54) is 0 Å². The highest BCUT2D eigenvalue weighted by Crippen LogP contribution is 2.30. The number of nitrogens with zero attached hydrogens (tertiary/aromatic N) is 2. The number of anilines is 2. The second-order valence-corrected chi connectivity index (χ2v) is 9.39. The van der Waals surface area contributed by atoms with Gasteiger partial charge in [-0.3, -0.25) is 19.3 Å². The van der Waals surface area contributed by atoms with Gasteiger partial charge in [0.15, 0.2) is 6.61 Å². The minimum atomic E-state index is -0.592. The van der Waals surface area contributed by atoms with Crippen LogP contribution in [-0.4, -0.2) is 72.8 Å². The van der Waals surface area contributed by atoms with Crippen LogP contribution < -0.4 is 10.6 Å². The molecule has 2 aromatic carbocycles. The lowest BCUT2D eigenvalue weighted by molar-refractivity contribution is -0.136. The molecule has 1 aliphatic carbocycles. The number of para-hydroxylation sites is 1. The lowest BCUT2D eigenvalue weighted by atomic mass is 10.1. The first-order valence-corrected chi connectivity index (χ1v) is 12.2. The van der Waals surface area contributed by atoms with E-state index in [1.807, 2.05) is 36.9 Å². The maximum Gasteiger partial charge on any atom is 0.338 e. The van der Waals surface area contributed by atoms with Crippen LogP contribution in [-0.2, 0) is 19.1 Å². The fourth-order valence-corrected chi connectivity index (χ4v) is 4.13. The van der Waals surface area contributed by atoms with Gasteiger partial charge in [0.25, 0.3) is 5.91 Å². The van der Waals surface area contributed by atoms with Crippen LogP contribution in [0.3, 0.4) is 0 Å². The largest absolute Gasteiger partial charge is 0.452 e. The van der Waals surface area contributed by atoms with Crippen LogP contribution in [0.15, 0.2) is 42.5 Å². The average molecular weight is 493 g/mol. The summed E-state index contributed by atoms with van der Waals surface area (Å²) in [6.45, 7) is 5.88. The number of benzene rings is 2. The minimum Gasteiger partial charge on any atom is -0.452 e. The van der Waals surface area contributed by atoms with Crippen molar-refractivity contribution in [1.82, 2.24) is 9.80 Å². The molecule has 0 atom stereocenters. The van der Waals surface area contributed by atoms with Crippen molar-refractivity contribution in [3.05, 3.63) is 59.2 Å². The Morgan fingerprint density at radius 2 is 1.53 bits per heavy atom. The molecular weight excluding hydrogens is 460 g/mol. The van der Waals surface area contributed by atoms with Gasteiger partial charge in [0.2, 0.25) is 11.8 Å². The van der Waals surface area contributed by atoms with E-state index in [4.69, 9.17) is 4.74 Å². The average Bonchev–Trinajstić information content (AvgIpc) is 3.71. The second-order valence-electron chi connectivity index (χ2n) is 9.39. The van der Waals surface area contributed by atoms with Crippen molar-refractivity contribution < 1.29 is 23.9 Å². The molecule has 1 saturated heterocycles. The molecule has 2 N–H and O–H groups in total. The predicted octanol–water partition coefficient (Wildman–Crippen LogP) is 2.59. The van der Waals surface area contributed by atoms with Gasteiger partial charge in [0.1, 0.15) is 0 Å². The van der Waals surface area contributed by atoms with Gasteiger partial charge >= 0.3 is 5.97 Å². The van der Waals surface area contributed by atoms with Gasteiger partial charge in [-0.1, -0.05) is 18.2 Å². The smallest absolute Gasteiger partial charge is 0.338 e. The van der Waals surface area contributed by atoms with Crippen molar-refractivity contribution >= 4 is 35.1 Å². The van der Waals surface area contributed by atoms with Gasteiger partial charge in [-0.2, -0.15) is 0 Å². The van der Waals surface area contributed by atoms with E-state index in [9.17, 15) is 19.2 Å². The lowest BCUT2D eigenvalue weighted by Gasteiger charge is -2.34. The highest BCUT2D eigenvalue weighted by molar-refractivity contribution is 5.96. The molecule has 1 aliphatic heterocycles. The normalized spacial score (nSPS) is 15.8. The van der Waals surface area contributed by atoms with Gasteiger partial charge in [-0.15, -0.1) is 0 Å². The molecule has 2 fully saturated rings. The number of piperazine rings is 1. The standard InChI is InChI=1S/C27H32N4O5/c1-18-4-3-5-19(2)25(18)29-23(32)16-30-12-14-31(15-13-30)24(33)17-36-27(35)21-8-10-22(11-9-21)28-26(34)20-6-7-20/h3-5,8-11,20H,6-7,12-17H2,1-2H3,(H,28,34)(H,29,32). The number of carbonyl (C=O) groups is 4. The van der Waals surface area contributed by atoms with E-state index in [0.29, 0.717) is 37.4 Å². The third-order valence-electron chi connectivity index (χ3n) is 6.50. The number of rotatable bonds is 8. The second kappa shape index (κ2) is 11.3. The van der Waals surface area contributed by atoms with E-state index in [0.717, 1.165) is 29.7 Å². The number of amides is 3. The Balaban J connectivity index is 1.17. The van der Waals surface area contributed by atoms with Crippen LogP contribution in [0.1, 0.15) is 34.3 Å². The van der Waals surface area contributed by atoms with Crippen molar-refractivity contribution in [3.63, 3.8) is 0 Å². The Bertz CT molecular complexity index is 1120. The molecule has 190 valence electrons. The van der Waals surface area contributed by atoms with Gasteiger partial charge in [0.05, 0.1) is 12.1 Å². The summed E-state index contributed by atoms with van der Waals surface area (Å²) in [5.41, 5.74) is 3.82. The molecule has 2 aromatic rings. The molecule has 2 aliphatic rings. The zero-order valence-electron chi connectivity index (χ0n) is 20.7. The van der Waals surface area contributed by atoms with Crippen LogP contribution in [0.5, 0.6) is 0 Å². The van der Waals surface area contributed by atoms with Gasteiger partial charge < -0.3 is 20.3 Å². The Labute approximate surface area is 210 Å². The number of esters is 1. The molecule has 0 aromatic heterocycles.